The number of carbonyl (C=O) groups excluding carboxylic acids is 2. The Morgan fingerprint density at radius 1 is 0.855 bits per heavy atom. The molecule has 2 aliphatic rings. The molecule has 0 radical (unpaired) electrons. The number of anilines is 1. The van der Waals surface area contributed by atoms with E-state index >= 15 is 0 Å². The molecule has 2 amide bonds. The van der Waals surface area contributed by atoms with Crippen LogP contribution in [0.3, 0.4) is 0 Å². The van der Waals surface area contributed by atoms with E-state index in [9.17, 15) is 23.9 Å². The molecular formula is C50H44Cl2FN3O6. The molecule has 0 fully saturated rings. The predicted octanol–water partition coefficient (Wildman–Crippen LogP) is 10.2. The smallest absolute Gasteiger partial charge is 0.326 e. The molecule has 0 saturated heterocycles. The molecule has 8 rings (SSSR count). The molecule has 2 unspecified atom stereocenters. The normalized spacial score (nSPS) is 17.0. The summed E-state index contributed by atoms with van der Waals surface area (Å²) < 4.78 is 25.9. The maximum absolute atomic E-state index is 14.5. The van der Waals surface area contributed by atoms with Gasteiger partial charge in [0, 0.05) is 31.6 Å². The van der Waals surface area contributed by atoms with Crippen molar-refractivity contribution in [3.63, 3.8) is 0 Å². The van der Waals surface area contributed by atoms with Crippen molar-refractivity contribution in [2.75, 3.05) is 11.9 Å². The highest BCUT2D eigenvalue weighted by molar-refractivity contribution is 6.42. The Balaban J connectivity index is 1.02. The second kappa shape index (κ2) is 18.4. The first-order valence-corrected chi connectivity index (χ1v) is 21.2. The number of benzene rings is 6. The van der Waals surface area contributed by atoms with E-state index in [1.807, 2.05) is 84.9 Å². The zero-order chi connectivity index (χ0) is 43.5. The lowest BCUT2D eigenvalue weighted by Crippen LogP contribution is -2.55. The van der Waals surface area contributed by atoms with Crippen LogP contribution in [0.25, 0.3) is 11.1 Å². The van der Waals surface area contributed by atoms with Crippen molar-refractivity contribution in [2.24, 2.45) is 0 Å². The third-order valence-electron chi connectivity index (χ3n) is 11.6. The van der Waals surface area contributed by atoms with Gasteiger partial charge < -0.3 is 24.8 Å². The van der Waals surface area contributed by atoms with Gasteiger partial charge in [-0.25, -0.2) is 9.18 Å². The molecule has 12 heteroatoms. The zero-order valence-electron chi connectivity index (χ0n) is 34.1. The number of hydrogen-bond acceptors (Lipinski definition) is 6. The van der Waals surface area contributed by atoms with Crippen molar-refractivity contribution in [1.29, 1.82) is 0 Å². The molecule has 0 spiro atoms. The van der Waals surface area contributed by atoms with Crippen molar-refractivity contribution in [2.45, 2.75) is 63.6 Å². The highest BCUT2D eigenvalue weighted by atomic mass is 35.5. The van der Waals surface area contributed by atoms with Crippen LogP contribution in [0.5, 0.6) is 11.5 Å². The predicted molar refractivity (Wildman–Crippen MR) is 238 cm³/mol. The fraction of sp³-hybridized carbons (Fsp3) is 0.220. The molecule has 2 aliphatic heterocycles. The fourth-order valence-electron chi connectivity index (χ4n) is 8.28. The summed E-state index contributed by atoms with van der Waals surface area (Å²) in [5.74, 6) is -0.969. The zero-order valence-corrected chi connectivity index (χ0v) is 35.6. The second-order valence-electron chi connectivity index (χ2n) is 15.6. The number of rotatable bonds is 13. The number of amides is 2. The van der Waals surface area contributed by atoms with Crippen LogP contribution in [0.2, 0.25) is 10.0 Å². The largest absolute Gasteiger partial charge is 0.489 e. The first-order valence-electron chi connectivity index (χ1n) is 20.4. The van der Waals surface area contributed by atoms with Crippen LogP contribution in [0.1, 0.15) is 58.9 Å². The van der Waals surface area contributed by atoms with E-state index < -0.39 is 30.1 Å². The van der Waals surface area contributed by atoms with Gasteiger partial charge in [-0.15, -0.1) is 0 Å². The number of ether oxygens (including phenoxy) is 2. The molecule has 2 heterocycles. The van der Waals surface area contributed by atoms with Gasteiger partial charge in [0.1, 0.15) is 30.0 Å². The lowest BCUT2D eigenvalue weighted by atomic mass is 9.88. The van der Waals surface area contributed by atoms with Crippen molar-refractivity contribution in [1.82, 2.24) is 10.2 Å². The average Bonchev–Trinajstić information content (AvgIpc) is 3.28. The molecule has 0 saturated carbocycles. The van der Waals surface area contributed by atoms with Crippen molar-refractivity contribution in [3.8, 4) is 22.6 Å². The van der Waals surface area contributed by atoms with E-state index in [1.54, 1.807) is 48.3 Å². The highest BCUT2D eigenvalue weighted by Crippen LogP contribution is 2.43. The van der Waals surface area contributed by atoms with Crippen LogP contribution in [0, 0.1) is 5.82 Å². The van der Waals surface area contributed by atoms with Gasteiger partial charge in [0.2, 0.25) is 12.0 Å². The number of nitrogens with one attached hydrogen (secondary N) is 1. The summed E-state index contributed by atoms with van der Waals surface area (Å²) in [5.41, 5.74) is 7.40. The summed E-state index contributed by atoms with van der Waals surface area (Å²) in [7, 11) is 1.71. The van der Waals surface area contributed by atoms with Gasteiger partial charge in [-0.1, -0.05) is 115 Å². The molecule has 6 aromatic rings. The number of likely N-dealkylation sites (N-methyl/N-ethyl adjacent to an activating group) is 1. The molecule has 9 nitrogen and oxygen atoms in total. The van der Waals surface area contributed by atoms with E-state index in [1.165, 1.54) is 12.1 Å². The number of nitrogens with zero attached hydrogens (tertiary/aromatic N) is 2. The third kappa shape index (κ3) is 9.18. The summed E-state index contributed by atoms with van der Waals surface area (Å²) in [4.78, 5) is 44.7. The first-order chi connectivity index (χ1) is 29.9. The van der Waals surface area contributed by atoms with Crippen molar-refractivity contribution < 1.29 is 33.4 Å². The lowest BCUT2D eigenvalue weighted by Gasteiger charge is -2.42. The topological polar surface area (TPSA) is 108 Å². The van der Waals surface area contributed by atoms with E-state index in [4.69, 9.17) is 32.7 Å². The van der Waals surface area contributed by atoms with E-state index in [0.717, 1.165) is 38.9 Å². The number of fused-ring (bicyclic) bond motifs is 2. The average molecular weight is 873 g/mol. The number of halogens is 3. The number of carbonyl (C=O) groups is 3. The molecule has 0 aromatic heterocycles. The number of carboxylic acid groups (broad SMARTS) is 1. The maximum atomic E-state index is 14.5. The summed E-state index contributed by atoms with van der Waals surface area (Å²) in [6.45, 7) is 2.74. The van der Waals surface area contributed by atoms with Crippen molar-refractivity contribution in [3.05, 3.63) is 183 Å². The molecular weight excluding hydrogens is 828 g/mol. The van der Waals surface area contributed by atoms with Crippen LogP contribution in [0.4, 0.5) is 10.1 Å². The lowest BCUT2D eigenvalue weighted by molar-refractivity contribution is -0.143. The standard InChI is InChI=1S/C50H44Cl2FN3O6/c1-3-43(34-7-5-4-6-8-34)56-28-37-27-46-44(55(2)49(58)47(62-46)35-16-20-39(21-17-35)61-29-31-11-22-40(51)41(52)23-31)25-36(37)26-45(56)48(57)54-42(50(59)60)24-30-9-12-32(13-10-30)33-14-18-38(53)19-15-33/h4-23,25,27,42-43,45,47H,3,24,26,28-29H2,1-2H3,(H,54,57)(H,59,60)/t42-,43?,45?,47-/m0/s1. The van der Waals surface area contributed by atoms with Gasteiger partial charge >= 0.3 is 5.97 Å². The monoisotopic (exact) mass is 871 g/mol. The minimum absolute atomic E-state index is 0.0668. The molecule has 4 atom stereocenters. The first kappa shape index (κ1) is 42.5. The van der Waals surface area contributed by atoms with Gasteiger partial charge in [-0.05, 0) is 100 Å². The number of carboxylic acids is 1. The second-order valence-corrected chi connectivity index (χ2v) is 16.4. The maximum Gasteiger partial charge on any atom is 0.326 e. The van der Waals surface area contributed by atoms with Gasteiger partial charge in [0.05, 0.1) is 21.8 Å². The summed E-state index contributed by atoms with van der Waals surface area (Å²) in [5, 5.41) is 14.1. The Morgan fingerprint density at radius 3 is 2.19 bits per heavy atom. The van der Waals surface area contributed by atoms with Gasteiger partial charge in [-0.2, -0.15) is 0 Å². The van der Waals surface area contributed by atoms with E-state index in [0.29, 0.717) is 45.8 Å². The van der Waals surface area contributed by atoms with Crippen molar-refractivity contribution >= 4 is 46.7 Å². The Hall–Kier alpha value is -6.20. The fourth-order valence-corrected chi connectivity index (χ4v) is 8.61. The Bertz CT molecular complexity index is 2590. The van der Waals surface area contributed by atoms with Crippen LogP contribution >= 0.6 is 23.2 Å². The Kier molecular flexibility index (Phi) is 12.6. The third-order valence-corrected chi connectivity index (χ3v) is 12.4. The summed E-state index contributed by atoms with van der Waals surface area (Å²) >= 11 is 12.2. The molecule has 316 valence electrons. The Labute approximate surface area is 369 Å². The van der Waals surface area contributed by atoms with Gasteiger partial charge in [0.15, 0.2) is 0 Å². The molecule has 62 heavy (non-hydrogen) atoms. The summed E-state index contributed by atoms with van der Waals surface area (Å²) in [6, 6.07) is 37.8. The SMILES string of the molecule is CCC(c1ccccc1)N1Cc2cc3c(cc2CC1C(=O)N[C@@H](Cc1ccc(-c2ccc(F)cc2)cc1)C(=O)O)N(C)C(=O)[C@H](c1ccc(OCc2ccc(Cl)c(Cl)c2)cc1)O3. The summed E-state index contributed by atoms with van der Waals surface area (Å²) in [6.07, 6.45) is 0.149. The van der Waals surface area contributed by atoms with Crippen LogP contribution < -0.4 is 19.7 Å². The molecule has 2 N–H and O–H groups in total. The van der Waals surface area contributed by atoms with Crippen LogP contribution in [-0.2, 0) is 40.4 Å². The molecule has 0 aliphatic carbocycles. The van der Waals surface area contributed by atoms with Gasteiger partial charge in [-0.3, -0.25) is 14.5 Å². The highest BCUT2D eigenvalue weighted by Gasteiger charge is 2.40. The minimum atomic E-state index is -1.19. The molecule has 0 bridgehead atoms. The van der Waals surface area contributed by atoms with Crippen LogP contribution in [0.15, 0.2) is 133 Å². The van der Waals surface area contributed by atoms with E-state index in [2.05, 4.69) is 17.1 Å². The van der Waals surface area contributed by atoms with Crippen LogP contribution in [-0.4, -0.2) is 46.9 Å². The number of hydrogen-bond donors (Lipinski definition) is 2. The molecule has 6 aromatic carbocycles. The minimum Gasteiger partial charge on any atom is -0.489 e. The van der Waals surface area contributed by atoms with E-state index in [-0.39, 0.29) is 37.2 Å². The van der Waals surface area contributed by atoms with Gasteiger partial charge in [0.25, 0.3) is 5.91 Å². The quantitative estimate of drug-likeness (QED) is 0.119. The Morgan fingerprint density at radius 2 is 1.53 bits per heavy atom. The number of aliphatic carboxylic acids is 1.